The second-order valence-electron chi connectivity index (χ2n) is 8.31. The molecule has 2 aromatic rings. The Labute approximate surface area is 191 Å². The number of halogens is 2. The van der Waals surface area contributed by atoms with Crippen molar-refractivity contribution in [1.29, 1.82) is 0 Å². The van der Waals surface area contributed by atoms with Crippen molar-refractivity contribution in [3.63, 3.8) is 0 Å². The van der Waals surface area contributed by atoms with E-state index in [-0.39, 0.29) is 29.5 Å². The van der Waals surface area contributed by atoms with E-state index in [0.29, 0.717) is 45.2 Å². The molecule has 0 radical (unpaired) electrons. The number of anilines is 1. The number of carbonyl (C=O) groups is 2. The number of nitrogens with one attached hydrogen (secondary N) is 2. The molecule has 33 heavy (non-hydrogen) atoms. The number of rotatable bonds is 5. The Morgan fingerprint density at radius 1 is 1.06 bits per heavy atom. The fraction of sp³-hybridized carbons (Fsp3) is 0.417. The van der Waals surface area contributed by atoms with Crippen LogP contribution in [0.3, 0.4) is 0 Å². The molecule has 4 rings (SSSR count). The number of hydrogen-bond donors (Lipinski definition) is 2. The van der Waals surface area contributed by atoms with Gasteiger partial charge in [0.05, 0.1) is 26.0 Å². The van der Waals surface area contributed by atoms with E-state index in [2.05, 4.69) is 10.6 Å². The number of ether oxygens (including phenoxy) is 2. The Morgan fingerprint density at radius 3 is 2.45 bits per heavy atom. The molecule has 3 amide bonds. The molecule has 7 nitrogen and oxygen atoms in total. The van der Waals surface area contributed by atoms with E-state index in [0.717, 1.165) is 17.4 Å². The normalized spacial score (nSPS) is 22.6. The molecule has 0 aromatic heterocycles. The van der Waals surface area contributed by atoms with Crippen molar-refractivity contribution in [2.75, 3.05) is 38.7 Å². The zero-order valence-electron chi connectivity index (χ0n) is 18.4. The van der Waals surface area contributed by atoms with Crippen LogP contribution < -0.4 is 15.4 Å². The maximum absolute atomic E-state index is 13.9. The van der Waals surface area contributed by atoms with E-state index in [1.807, 2.05) is 29.2 Å². The Balaban J connectivity index is 1.48. The van der Waals surface area contributed by atoms with Gasteiger partial charge in [-0.05, 0) is 48.6 Å². The van der Waals surface area contributed by atoms with E-state index in [1.165, 1.54) is 6.07 Å². The quantitative estimate of drug-likeness (QED) is 0.717. The number of nitrogens with zero attached hydrogens (tertiary/aromatic N) is 1. The van der Waals surface area contributed by atoms with Crippen LogP contribution in [0.2, 0.25) is 0 Å². The number of morpholine rings is 1. The Kier molecular flexibility index (Phi) is 7.08. The van der Waals surface area contributed by atoms with Crippen molar-refractivity contribution in [2.24, 2.45) is 5.92 Å². The van der Waals surface area contributed by atoms with Gasteiger partial charge in [0.1, 0.15) is 17.4 Å². The van der Waals surface area contributed by atoms with Crippen LogP contribution in [0.4, 0.5) is 19.3 Å². The number of amides is 3. The van der Waals surface area contributed by atoms with E-state index < -0.39 is 17.7 Å². The zero-order chi connectivity index (χ0) is 23.4. The summed E-state index contributed by atoms with van der Waals surface area (Å²) in [7, 11) is 1.60. The van der Waals surface area contributed by atoms with E-state index in [1.54, 1.807) is 7.11 Å². The van der Waals surface area contributed by atoms with Crippen LogP contribution in [-0.4, -0.2) is 56.3 Å². The minimum Gasteiger partial charge on any atom is -0.497 e. The lowest BCUT2D eigenvalue weighted by molar-refractivity contribution is -0.140. The SMILES string of the molecule is COc1ccc([C@H]2C[C@H](NC(=O)Nc3ccc(F)cc3F)C[C@@H]2C(=O)N2CCOCC2)cc1. The third-order valence-electron chi connectivity index (χ3n) is 6.26. The summed E-state index contributed by atoms with van der Waals surface area (Å²) in [6, 6.07) is 9.68. The molecule has 1 aliphatic carbocycles. The summed E-state index contributed by atoms with van der Waals surface area (Å²) in [6.07, 6.45) is 1.03. The van der Waals surface area contributed by atoms with Crippen molar-refractivity contribution in [3.05, 3.63) is 59.7 Å². The minimum absolute atomic E-state index is 0.0494. The van der Waals surface area contributed by atoms with Gasteiger partial charge in [-0.15, -0.1) is 0 Å². The molecule has 3 atom stereocenters. The molecule has 9 heteroatoms. The van der Waals surface area contributed by atoms with Gasteiger partial charge < -0.3 is 25.0 Å². The number of benzene rings is 2. The molecule has 176 valence electrons. The molecule has 1 saturated carbocycles. The summed E-state index contributed by atoms with van der Waals surface area (Å²) < 4.78 is 37.6. The fourth-order valence-electron chi connectivity index (χ4n) is 4.60. The van der Waals surface area contributed by atoms with E-state index in [9.17, 15) is 18.4 Å². The molecule has 2 aliphatic rings. The zero-order valence-corrected chi connectivity index (χ0v) is 18.4. The molecular weight excluding hydrogens is 432 g/mol. The Morgan fingerprint density at radius 2 is 1.79 bits per heavy atom. The lowest BCUT2D eigenvalue weighted by atomic mass is 9.88. The maximum atomic E-state index is 13.9. The highest BCUT2D eigenvalue weighted by molar-refractivity contribution is 5.89. The molecule has 0 unspecified atom stereocenters. The van der Waals surface area contributed by atoms with Gasteiger partial charge >= 0.3 is 6.03 Å². The first-order valence-corrected chi connectivity index (χ1v) is 11.0. The summed E-state index contributed by atoms with van der Waals surface area (Å²) in [5.41, 5.74) is 0.885. The smallest absolute Gasteiger partial charge is 0.319 e. The topological polar surface area (TPSA) is 79.9 Å². The third kappa shape index (κ3) is 5.42. The summed E-state index contributed by atoms with van der Waals surface area (Å²) in [4.78, 5) is 27.7. The van der Waals surface area contributed by atoms with Crippen LogP contribution in [0, 0.1) is 17.6 Å². The second-order valence-corrected chi connectivity index (χ2v) is 8.31. The van der Waals surface area contributed by atoms with Crippen LogP contribution in [0.1, 0.15) is 24.3 Å². The first-order chi connectivity index (χ1) is 15.9. The average molecular weight is 459 g/mol. The van der Waals surface area contributed by atoms with Crippen LogP contribution in [0.25, 0.3) is 0 Å². The molecule has 1 aliphatic heterocycles. The summed E-state index contributed by atoms with van der Waals surface area (Å²) in [5.74, 6) is -1.19. The molecule has 1 saturated heterocycles. The van der Waals surface area contributed by atoms with Gasteiger partial charge in [-0.1, -0.05) is 12.1 Å². The number of hydrogen-bond acceptors (Lipinski definition) is 4. The van der Waals surface area contributed by atoms with Gasteiger partial charge in [0.25, 0.3) is 0 Å². The lowest BCUT2D eigenvalue weighted by Crippen LogP contribution is -2.44. The predicted octanol–water partition coefficient (Wildman–Crippen LogP) is 3.52. The number of methoxy groups -OCH3 is 1. The largest absolute Gasteiger partial charge is 0.497 e. The van der Waals surface area contributed by atoms with E-state index >= 15 is 0 Å². The van der Waals surface area contributed by atoms with E-state index in [4.69, 9.17) is 9.47 Å². The molecule has 0 bridgehead atoms. The number of carbonyl (C=O) groups excluding carboxylic acids is 2. The molecule has 1 heterocycles. The van der Waals surface area contributed by atoms with Gasteiger partial charge in [0.15, 0.2) is 0 Å². The van der Waals surface area contributed by atoms with Crippen LogP contribution in [0.5, 0.6) is 5.75 Å². The predicted molar refractivity (Wildman–Crippen MR) is 118 cm³/mol. The van der Waals surface area contributed by atoms with Crippen LogP contribution >= 0.6 is 0 Å². The van der Waals surface area contributed by atoms with Gasteiger partial charge in [0, 0.05) is 31.1 Å². The van der Waals surface area contributed by atoms with Gasteiger partial charge in [-0.2, -0.15) is 0 Å². The molecule has 0 spiro atoms. The third-order valence-corrected chi connectivity index (χ3v) is 6.26. The lowest BCUT2D eigenvalue weighted by Gasteiger charge is -2.31. The van der Waals surface area contributed by atoms with Crippen molar-refractivity contribution in [2.45, 2.75) is 24.8 Å². The van der Waals surface area contributed by atoms with Crippen molar-refractivity contribution in [3.8, 4) is 5.75 Å². The van der Waals surface area contributed by atoms with Crippen molar-refractivity contribution >= 4 is 17.6 Å². The molecule has 2 N–H and O–H groups in total. The molecular formula is C24H27F2N3O4. The second kappa shape index (κ2) is 10.2. The minimum atomic E-state index is -0.854. The highest BCUT2D eigenvalue weighted by Crippen LogP contribution is 2.41. The van der Waals surface area contributed by atoms with Crippen molar-refractivity contribution < 1.29 is 27.8 Å². The maximum Gasteiger partial charge on any atom is 0.319 e. The number of urea groups is 1. The average Bonchev–Trinajstić information content (AvgIpc) is 3.24. The van der Waals surface area contributed by atoms with Gasteiger partial charge in [-0.3, -0.25) is 4.79 Å². The Hall–Kier alpha value is -3.20. The first-order valence-electron chi connectivity index (χ1n) is 11.0. The first kappa shape index (κ1) is 23.0. The standard InChI is InChI=1S/C24H27F2N3O4/c1-32-18-5-2-15(3-6-18)19-13-17(14-20(19)23(30)29-8-10-33-11-9-29)27-24(31)28-22-7-4-16(25)12-21(22)26/h2-7,12,17,19-20H,8-11,13-14H2,1H3,(H2,27,28,31)/t17-,19+,20-/m0/s1. The van der Waals surface area contributed by atoms with Crippen LogP contribution in [0.15, 0.2) is 42.5 Å². The fourth-order valence-corrected chi connectivity index (χ4v) is 4.60. The summed E-state index contributed by atoms with van der Waals surface area (Å²) in [6.45, 7) is 2.12. The Bertz CT molecular complexity index is 996. The highest BCUT2D eigenvalue weighted by Gasteiger charge is 2.42. The summed E-state index contributed by atoms with van der Waals surface area (Å²) >= 11 is 0. The van der Waals surface area contributed by atoms with Gasteiger partial charge in [-0.25, -0.2) is 13.6 Å². The summed E-state index contributed by atoms with van der Waals surface area (Å²) in [5, 5.41) is 5.27. The highest BCUT2D eigenvalue weighted by atomic mass is 19.1. The molecule has 2 fully saturated rings. The monoisotopic (exact) mass is 459 g/mol. The van der Waals surface area contributed by atoms with Gasteiger partial charge in [0.2, 0.25) is 5.91 Å². The van der Waals surface area contributed by atoms with Crippen molar-refractivity contribution in [1.82, 2.24) is 10.2 Å². The van der Waals surface area contributed by atoms with Crippen LogP contribution in [-0.2, 0) is 9.53 Å². The molecule has 2 aromatic carbocycles.